The Morgan fingerprint density at radius 2 is 0.562 bits per heavy atom. The topological polar surface area (TPSA) is 78.9 Å². The lowest BCUT2D eigenvalue weighted by Crippen LogP contribution is -2.30. The van der Waals surface area contributed by atoms with Crippen LogP contribution in [0.4, 0.5) is 0 Å². The van der Waals surface area contributed by atoms with Gasteiger partial charge in [-0.2, -0.15) is 0 Å². The number of esters is 3. The second-order valence-corrected chi connectivity index (χ2v) is 19.2. The van der Waals surface area contributed by atoms with E-state index in [2.05, 4.69) is 148 Å². The van der Waals surface area contributed by atoms with Gasteiger partial charge in [0.15, 0.2) is 6.10 Å². The van der Waals surface area contributed by atoms with E-state index < -0.39 is 6.10 Å². The molecule has 412 valence electrons. The van der Waals surface area contributed by atoms with Crippen molar-refractivity contribution >= 4 is 17.9 Å². The van der Waals surface area contributed by atoms with E-state index in [0.29, 0.717) is 12.8 Å². The van der Waals surface area contributed by atoms with Crippen LogP contribution in [-0.2, 0) is 28.6 Å². The smallest absolute Gasteiger partial charge is 0.306 e. The molecule has 1 atom stereocenters. The van der Waals surface area contributed by atoms with Crippen molar-refractivity contribution in [2.24, 2.45) is 0 Å². The van der Waals surface area contributed by atoms with E-state index in [9.17, 15) is 14.4 Å². The zero-order valence-corrected chi connectivity index (χ0v) is 47.1. The van der Waals surface area contributed by atoms with Crippen LogP contribution in [0.25, 0.3) is 0 Å². The van der Waals surface area contributed by atoms with E-state index >= 15 is 0 Å². The number of hydrogen-bond donors (Lipinski definition) is 0. The Kier molecular flexibility index (Phi) is 56.4. The predicted molar refractivity (Wildman–Crippen MR) is 316 cm³/mol. The zero-order chi connectivity index (χ0) is 52.9. The summed E-state index contributed by atoms with van der Waals surface area (Å²) in [6, 6.07) is 0. The maximum atomic E-state index is 12.9. The van der Waals surface area contributed by atoms with Gasteiger partial charge in [-0.3, -0.25) is 14.4 Å². The van der Waals surface area contributed by atoms with Crippen molar-refractivity contribution in [1.29, 1.82) is 0 Å². The van der Waals surface area contributed by atoms with Gasteiger partial charge in [0, 0.05) is 19.3 Å². The summed E-state index contributed by atoms with van der Waals surface area (Å²) in [4.78, 5) is 38.2. The molecule has 0 saturated carbocycles. The molecule has 0 fully saturated rings. The van der Waals surface area contributed by atoms with Gasteiger partial charge in [0.1, 0.15) is 13.2 Å². The highest BCUT2D eigenvalue weighted by Gasteiger charge is 2.19. The van der Waals surface area contributed by atoms with Gasteiger partial charge in [-0.25, -0.2) is 0 Å². The lowest BCUT2D eigenvalue weighted by Gasteiger charge is -2.18. The molecule has 0 aromatic rings. The van der Waals surface area contributed by atoms with Crippen molar-refractivity contribution in [3.63, 3.8) is 0 Å². The van der Waals surface area contributed by atoms with Crippen LogP contribution in [0.1, 0.15) is 252 Å². The lowest BCUT2D eigenvalue weighted by atomic mass is 10.1. The van der Waals surface area contributed by atoms with Gasteiger partial charge in [-0.1, -0.05) is 238 Å². The summed E-state index contributed by atoms with van der Waals surface area (Å²) < 4.78 is 16.8. The summed E-state index contributed by atoms with van der Waals surface area (Å²) in [7, 11) is 0. The van der Waals surface area contributed by atoms with Crippen LogP contribution in [0.2, 0.25) is 0 Å². The second kappa shape index (κ2) is 60.1. The summed E-state index contributed by atoms with van der Waals surface area (Å²) >= 11 is 0. The normalized spacial score (nSPS) is 13.1. The molecule has 0 aliphatic rings. The van der Waals surface area contributed by atoms with Gasteiger partial charge >= 0.3 is 17.9 Å². The molecule has 0 aromatic heterocycles. The molecule has 0 heterocycles. The zero-order valence-electron chi connectivity index (χ0n) is 47.1. The van der Waals surface area contributed by atoms with E-state index in [0.717, 1.165) is 109 Å². The highest BCUT2D eigenvalue weighted by Crippen LogP contribution is 2.14. The number of carbonyl (C=O) groups is 3. The number of allylic oxidation sites excluding steroid dienone is 22. The molecule has 0 unspecified atom stereocenters. The summed E-state index contributed by atoms with van der Waals surface area (Å²) in [5, 5.41) is 0. The Hall–Kier alpha value is -4.45. The third kappa shape index (κ3) is 58.3. The Morgan fingerprint density at radius 1 is 0.288 bits per heavy atom. The number of ether oxygens (including phenoxy) is 3. The highest BCUT2D eigenvalue weighted by atomic mass is 16.6. The van der Waals surface area contributed by atoms with Crippen LogP contribution >= 0.6 is 0 Å². The van der Waals surface area contributed by atoms with Crippen LogP contribution in [0.5, 0.6) is 0 Å². The Morgan fingerprint density at radius 3 is 0.918 bits per heavy atom. The first kappa shape index (κ1) is 68.6. The first-order valence-electron chi connectivity index (χ1n) is 29.7. The van der Waals surface area contributed by atoms with Crippen LogP contribution in [0.3, 0.4) is 0 Å². The molecule has 0 amide bonds. The van der Waals surface area contributed by atoms with Crippen molar-refractivity contribution < 1.29 is 28.6 Å². The van der Waals surface area contributed by atoms with Gasteiger partial charge < -0.3 is 14.2 Å². The van der Waals surface area contributed by atoms with E-state index in [-0.39, 0.29) is 44.0 Å². The highest BCUT2D eigenvalue weighted by molar-refractivity contribution is 5.71. The fourth-order valence-electron chi connectivity index (χ4n) is 7.68. The van der Waals surface area contributed by atoms with Crippen LogP contribution in [0, 0.1) is 0 Å². The molecule has 0 rings (SSSR count). The molecule has 0 saturated heterocycles. The minimum atomic E-state index is -0.828. The molecular weight excluding hydrogens is 901 g/mol. The minimum Gasteiger partial charge on any atom is -0.462 e. The van der Waals surface area contributed by atoms with Crippen molar-refractivity contribution in [2.75, 3.05) is 13.2 Å². The van der Waals surface area contributed by atoms with E-state index in [4.69, 9.17) is 14.2 Å². The average molecular weight is 1010 g/mol. The Labute approximate surface area is 449 Å². The maximum absolute atomic E-state index is 12.9. The first-order chi connectivity index (χ1) is 36.0. The largest absolute Gasteiger partial charge is 0.462 e. The third-order valence-corrected chi connectivity index (χ3v) is 12.1. The molecule has 0 aliphatic heterocycles. The average Bonchev–Trinajstić information content (AvgIpc) is 3.39. The van der Waals surface area contributed by atoms with Gasteiger partial charge in [0.05, 0.1) is 0 Å². The Balaban J connectivity index is 4.56. The first-order valence-corrected chi connectivity index (χ1v) is 29.7. The fourth-order valence-corrected chi connectivity index (χ4v) is 7.68. The molecule has 0 spiro atoms. The SMILES string of the molecule is CC/C=C\C/C=C\C/C=C\C/C=C\C/C=C\C/C=C\CCC(=O)OC[C@H](COC(=O)CCCCCCCCCCC/C=C\C/C=C\CCCCC)OC(=O)CCCCCC/C=C\C/C=C\C/C=C\CCCCC. The minimum absolute atomic E-state index is 0.117. The van der Waals surface area contributed by atoms with E-state index in [1.807, 2.05) is 6.08 Å². The van der Waals surface area contributed by atoms with E-state index in [1.165, 1.54) is 96.3 Å². The van der Waals surface area contributed by atoms with Crippen molar-refractivity contribution in [3.8, 4) is 0 Å². The molecule has 0 aromatic carbocycles. The van der Waals surface area contributed by atoms with Gasteiger partial charge in [0.25, 0.3) is 0 Å². The maximum Gasteiger partial charge on any atom is 0.306 e. The lowest BCUT2D eigenvalue weighted by molar-refractivity contribution is -0.166. The van der Waals surface area contributed by atoms with E-state index in [1.54, 1.807) is 0 Å². The molecule has 6 heteroatoms. The quantitative estimate of drug-likeness (QED) is 0.0261. The monoisotopic (exact) mass is 1010 g/mol. The molecule has 0 radical (unpaired) electrons. The molecule has 0 bridgehead atoms. The molecule has 6 nitrogen and oxygen atoms in total. The van der Waals surface area contributed by atoms with Crippen LogP contribution < -0.4 is 0 Å². The number of hydrogen-bond acceptors (Lipinski definition) is 6. The standard InChI is InChI=1S/C67H108O6/c1-4-7-10-13-16-19-22-25-28-31-33-36-38-41-44-47-50-53-56-59-65(68)71-62-64(73-67(70)61-58-55-52-49-46-43-40-35-30-27-24-21-18-15-12-9-6-3)63-72-66(69)60-57-54-51-48-45-42-39-37-34-32-29-26-23-20-17-14-11-8-5-2/h7,10,16-21,25-30,33,36,40-41,43-44,50,53,64H,4-6,8-9,11-15,22-24,31-32,34-35,37-39,42,45-49,51-52,54-63H2,1-3H3/b10-7-,19-16-,20-17-,21-18-,28-25-,29-26-,30-27-,36-33-,43-40-,44-41-,53-50-/t64-/m1/s1. The third-order valence-electron chi connectivity index (χ3n) is 12.1. The molecule has 73 heavy (non-hydrogen) atoms. The van der Waals surface area contributed by atoms with Gasteiger partial charge in [0.2, 0.25) is 0 Å². The number of carbonyl (C=O) groups excluding carboxylic acids is 3. The van der Waals surface area contributed by atoms with Gasteiger partial charge in [-0.15, -0.1) is 0 Å². The molecular formula is C67H108O6. The summed E-state index contributed by atoms with van der Waals surface area (Å²) in [6.07, 6.45) is 84.5. The predicted octanol–water partition coefficient (Wildman–Crippen LogP) is 20.2. The Bertz CT molecular complexity index is 1580. The number of rotatable bonds is 52. The van der Waals surface area contributed by atoms with Crippen LogP contribution in [0.15, 0.2) is 134 Å². The van der Waals surface area contributed by atoms with Gasteiger partial charge in [-0.05, 0) is 128 Å². The summed E-state index contributed by atoms with van der Waals surface area (Å²) in [5.41, 5.74) is 0. The summed E-state index contributed by atoms with van der Waals surface area (Å²) in [6.45, 7) is 6.38. The summed E-state index contributed by atoms with van der Waals surface area (Å²) in [5.74, 6) is -1.03. The molecule has 0 N–H and O–H groups in total. The van der Waals surface area contributed by atoms with Crippen molar-refractivity contribution in [3.05, 3.63) is 134 Å². The van der Waals surface area contributed by atoms with Crippen molar-refractivity contribution in [1.82, 2.24) is 0 Å². The number of unbranched alkanes of at least 4 members (excludes halogenated alkanes) is 19. The van der Waals surface area contributed by atoms with Crippen LogP contribution in [-0.4, -0.2) is 37.2 Å². The van der Waals surface area contributed by atoms with Crippen molar-refractivity contribution in [2.45, 2.75) is 258 Å². The fraction of sp³-hybridized carbons (Fsp3) is 0.627. The molecule has 0 aliphatic carbocycles. The second-order valence-electron chi connectivity index (χ2n) is 19.2.